The topological polar surface area (TPSA) is 65.5 Å². The number of carbonyl (C=O) groups is 1. The average molecular weight is 240 g/mol. The molecule has 0 amide bonds. The van der Waals surface area contributed by atoms with Gasteiger partial charge in [0.1, 0.15) is 11.3 Å². The second kappa shape index (κ2) is 4.15. The molecular formula is C11H10ClNO3. The fourth-order valence-electron chi connectivity index (χ4n) is 1.43. The molecule has 0 aliphatic carbocycles. The van der Waals surface area contributed by atoms with Gasteiger partial charge in [0.2, 0.25) is 0 Å². The lowest BCUT2D eigenvalue weighted by molar-refractivity contribution is -0.142. The number of nitrogens with two attached hydrogens (primary N) is 1. The Morgan fingerprint density at radius 1 is 1.50 bits per heavy atom. The van der Waals surface area contributed by atoms with Crippen LogP contribution in [0.3, 0.4) is 0 Å². The van der Waals surface area contributed by atoms with Gasteiger partial charge >= 0.3 is 5.97 Å². The number of halogens is 1. The number of methoxy groups -OCH3 is 1. The first-order valence-corrected chi connectivity index (χ1v) is 5.02. The Morgan fingerprint density at radius 3 is 2.94 bits per heavy atom. The molecule has 16 heavy (non-hydrogen) atoms. The summed E-state index contributed by atoms with van der Waals surface area (Å²) in [5.41, 5.74) is 6.29. The maximum Gasteiger partial charge on any atom is 0.330 e. The normalized spacial score (nSPS) is 12.7. The number of benzene rings is 1. The maximum absolute atomic E-state index is 11.2. The van der Waals surface area contributed by atoms with E-state index >= 15 is 0 Å². The fraction of sp³-hybridized carbons (Fsp3) is 0.182. The van der Waals surface area contributed by atoms with Crippen LogP contribution in [-0.2, 0) is 9.53 Å². The van der Waals surface area contributed by atoms with Crippen molar-refractivity contribution in [3.05, 3.63) is 35.0 Å². The molecule has 1 atom stereocenters. The van der Waals surface area contributed by atoms with Gasteiger partial charge < -0.3 is 14.9 Å². The summed E-state index contributed by atoms with van der Waals surface area (Å²) in [7, 11) is 1.28. The number of esters is 1. The minimum atomic E-state index is -0.906. The van der Waals surface area contributed by atoms with E-state index in [1.807, 2.05) is 0 Å². The Kier molecular flexibility index (Phi) is 2.85. The monoisotopic (exact) mass is 239 g/mol. The predicted molar refractivity (Wildman–Crippen MR) is 60.2 cm³/mol. The highest BCUT2D eigenvalue weighted by Crippen LogP contribution is 2.25. The van der Waals surface area contributed by atoms with Crippen LogP contribution in [0.1, 0.15) is 11.8 Å². The molecule has 1 aromatic heterocycles. The molecule has 2 rings (SSSR count). The fourth-order valence-corrected chi connectivity index (χ4v) is 1.61. The molecule has 0 bridgehead atoms. The Labute approximate surface area is 96.9 Å². The van der Waals surface area contributed by atoms with Gasteiger partial charge in [-0.2, -0.15) is 0 Å². The van der Waals surface area contributed by atoms with Crippen LogP contribution in [0.4, 0.5) is 0 Å². The first kappa shape index (κ1) is 11.0. The van der Waals surface area contributed by atoms with Crippen molar-refractivity contribution in [1.82, 2.24) is 0 Å². The molecule has 0 aliphatic rings. The standard InChI is InChI=1S/C11H10ClNO3/c1-15-11(14)10(13)9-5-6-4-7(12)2-3-8(6)16-9/h2-5,10H,13H2,1H3. The van der Waals surface area contributed by atoms with Gasteiger partial charge in [0.15, 0.2) is 6.04 Å². The summed E-state index contributed by atoms with van der Waals surface area (Å²) in [5.74, 6) is -0.172. The Hall–Kier alpha value is -1.52. The first-order chi connectivity index (χ1) is 7.61. The SMILES string of the molecule is COC(=O)C(N)c1cc2cc(Cl)ccc2o1. The molecule has 0 saturated heterocycles. The number of furan rings is 1. The first-order valence-electron chi connectivity index (χ1n) is 4.64. The summed E-state index contributed by atoms with van der Waals surface area (Å²) in [6, 6.07) is 5.96. The van der Waals surface area contributed by atoms with Crippen LogP contribution in [-0.4, -0.2) is 13.1 Å². The van der Waals surface area contributed by atoms with Crippen molar-refractivity contribution in [2.24, 2.45) is 5.73 Å². The molecule has 0 aliphatic heterocycles. The largest absolute Gasteiger partial charge is 0.468 e. The van der Waals surface area contributed by atoms with E-state index in [0.29, 0.717) is 16.4 Å². The van der Waals surface area contributed by atoms with Crippen LogP contribution >= 0.6 is 11.6 Å². The second-order valence-corrected chi connectivity index (χ2v) is 3.77. The highest BCUT2D eigenvalue weighted by atomic mass is 35.5. The number of ether oxygens (including phenoxy) is 1. The van der Waals surface area contributed by atoms with Crippen molar-refractivity contribution >= 4 is 28.5 Å². The van der Waals surface area contributed by atoms with Gasteiger partial charge in [0.25, 0.3) is 0 Å². The predicted octanol–water partition coefficient (Wildman–Crippen LogP) is 2.26. The quantitative estimate of drug-likeness (QED) is 0.817. The third kappa shape index (κ3) is 1.89. The molecule has 4 nitrogen and oxygen atoms in total. The molecule has 1 aromatic carbocycles. The Morgan fingerprint density at radius 2 is 2.25 bits per heavy atom. The lowest BCUT2D eigenvalue weighted by Gasteiger charge is -2.04. The zero-order valence-electron chi connectivity index (χ0n) is 8.57. The van der Waals surface area contributed by atoms with E-state index in [-0.39, 0.29) is 0 Å². The number of hydrogen-bond acceptors (Lipinski definition) is 4. The van der Waals surface area contributed by atoms with Crippen LogP contribution in [0.15, 0.2) is 28.7 Å². The van der Waals surface area contributed by atoms with E-state index in [4.69, 9.17) is 21.8 Å². The van der Waals surface area contributed by atoms with E-state index in [0.717, 1.165) is 5.39 Å². The summed E-state index contributed by atoms with van der Waals surface area (Å²) in [4.78, 5) is 11.2. The van der Waals surface area contributed by atoms with Gasteiger partial charge in [-0.25, -0.2) is 4.79 Å². The van der Waals surface area contributed by atoms with Gasteiger partial charge in [-0.05, 0) is 24.3 Å². The van der Waals surface area contributed by atoms with Crippen LogP contribution in [0.5, 0.6) is 0 Å². The Balaban J connectivity index is 2.43. The average Bonchev–Trinajstić information content (AvgIpc) is 2.69. The molecule has 0 saturated carbocycles. The molecule has 1 unspecified atom stereocenters. The van der Waals surface area contributed by atoms with Crippen molar-refractivity contribution in [1.29, 1.82) is 0 Å². The molecular weight excluding hydrogens is 230 g/mol. The Bertz CT molecular complexity index is 535. The molecule has 84 valence electrons. The summed E-state index contributed by atoms with van der Waals surface area (Å²) in [6.45, 7) is 0. The maximum atomic E-state index is 11.2. The highest BCUT2D eigenvalue weighted by Gasteiger charge is 2.20. The van der Waals surface area contributed by atoms with E-state index in [1.165, 1.54) is 7.11 Å². The van der Waals surface area contributed by atoms with Gasteiger partial charge in [-0.3, -0.25) is 0 Å². The number of fused-ring (bicyclic) bond motifs is 1. The molecule has 5 heteroatoms. The number of rotatable bonds is 2. The lowest BCUT2D eigenvalue weighted by Crippen LogP contribution is -2.21. The number of hydrogen-bond donors (Lipinski definition) is 1. The van der Waals surface area contributed by atoms with Gasteiger partial charge in [0.05, 0.1) is 7.11 Å². The molecule has 2 aromatic rings. The zero-order valence-corrected chi connectivity index (χ0v) is 9.32. The third-order valence-corrected chi connectivity index (χ3v) is 2.49. The van der Waals surface area contributed by atoms with Crippen LogP contribution in [0.2, 0.25) is 5.02 Å². The van der Waals surface area contributed by atoms with Crippen LogP contribution in [0.25, 0.3) is 11.0 Å². The molecule has 1 heterocycles. The van der Waals surface area contributed by atoms with Crippen molar-refractivity contribution in [2.75, 3.05) is 7.11 Å². The highest BCUT2D eigenvalue weighted by molar-refractivity contribution is 6.31. The van der Waals surface area contributed by atoms with Crippen molar-refractivity contribution in [2.45, 2.75) is 6.04 Å². The lowest BCUT2D eigenvalue weighted by atomic mass is 10.2. The minimum absolute atomic E-state index is 0.365. The van der Waals surface area contributed by atoms with Crippen LogP contribution in [0, 0.1) is 0 Å². The number of carbonyl (C=O) groups excluding carboxylic acids is 1. The smallest absolute Gasteiger partial charge is 0.330 e. The molecule has 2 N–H and O–H groups in total. The summed E-state index contributed by atoms with van der Waals surface area (Å²) in [5, 5.41) is 1.41. The van der Waals surface area contributed by atoms with E-state index < -0.39 is 12.0 Å². The summed E-state index contributed by atoms with van der Waals surface area (Å²) >= 11 is 5.83. The van der Waals surface area contributed by atoms with E-state index in [1.54, 1.807) is 24.3 Å². The zero-order chi connectivity index (χ0) is 11.7. The van der Waals surface area contributed by atoms with E-state index in [2.05, 4.69) is 4.74 Å². The van der Waals surface area contributed by atoms with Crippen molar-refractivity contribution in [3.8, 4) is 0 Å². The van der Waals surface area contributed by atoms with Crippen molar-refractivity contribution in [3.63, 3.8) is 0 Å². The molecule has 0 fully saturated rings. The van der Waals surface area contributed by atoms with Gasteiger partial charge in [-0.15, -0.1) is 0 Å². The van der Waals surface area contributed by atoms with Crippen LogP contribution < -0.4 is 5.73 Å². The van der Waals surface area contributed by atoms with Gasteiger partial charge in [0, 0.05) is 10.4 Å². The van der Waals surface area contributed by atoms with Gasteiger partial charge in [-0.1, -0.05) is 11.6 Å². The molecule has 0 spiro atoms. The molecule has 0 radical (unpaired) electrons. The third-order valence-electron chi connectivity index (χ3n) is 2.26. The minimum Gasteiger partial charge on any atom is -0.468 e. The second-order valence-electron chi connectivity index (χ2n) is 3.33. The van der Waals surface area contributed by atoms with Crippen molar-refractivity contribution < 1.29 is 13.9 Å². The summed E-state index contributed by atoms with van der Waals surface area (Å²) < 4.78 is 9.96. The van der Waals surface area contributed by atoms with E-state index in [9.17, 15) is 4.79 Å². The summed E-state index contributed by atoms with van der Waals surface area (Å²) in [6.07, 6.45) is 0.